The van der Waals surface area contributed by atoms with Gasteiger partial charge in [-0.1, -0.05) is 0 Å². The largest absolute Gasteiger partial charge is 0.378 e. The van der Waals surface area contributed by atoms with E-state index in [4.69, 9.17) is 5.73 Å². The Labute approximate surface area is 115 Å². The molecule has 1 aromatic rings. The van der Waals surface area contributed by atoms with Crippen molar-refractivity contribution >= 4 is 11.4 Å². The van der Waals surface area contributed by atoms with Crippen LogP contribution >= 0.6 is 0 Å². The van der Waals surface area contributed by atoms with Gasteiger partial charge in [0.1, 0.15) is 0 Å². The molecule has 1 unspecified atom stereocenters. The monoisotopic (exact) mass is 285 g/mol. The van der Waals surface area contributed by atoms with Gasteiger partial charge in [0.15, 0.2) is 0 Å². The number of nitro groups is 1. The summed E-state index contributed by atoms with van der Waals surface area (Å²) in [6.07, 6.45) is -0.756. The minimum absolute atomic E-state index is 0.213. The smallest absolute Gasteiger partial charge is 0.270 e. The standard InChI is InChI=1S/C13H17F2N3O2/c1-13(7-16,8-2-3-8)17-11-5-4-9(18(19)20)6-10(11)12(14)15/h4-6,8,12,17H,2-3,7,16H2,1H3. The molecule has 3 N–H and O–H groups in total. The van der Waals surface area contributed by atoms with Crippen molar-refractivity contribution in [3.63, 3.8) is 0 Å². The van der Waals surface area contributed by atoms with Crippen LogP contribution < -0.4 is 11.1 Å². The number of nitrogens with one attached hydrogen (secondary N) is 1. The first-order valence-corrected chi connectivity index (χ1v) is 6.42. The fourth-order valence-electron chi connectivity index (χ4n) is 2.31. The highest BCUT2D eigenvalue weighted by Gasteiger charge is 2.41. The molecule has 20 heavy (non-hydrogen) atoms. The van der Waals surface area contributed by atoms with E-state index in [2.05, 4.69) is 5.32 Å². The van der Waals surface area contributed by atoms with Gasteiger partial charge in [-0.05, 0) is 31.7 Å². The molecule has 1 aliphatic carbocycles. The lowest BCUT2D eigenvalue weighted by Gasteiger charge is -2.31. The van der Waals surface area contributed by atoms with Crippen LogP contribution in [0.4, 0.5) is 20.2 Å². The lowest BCUT2D eigenvalue weighted by molar-refractivity contribution is -0.385. The number of rotatable bonds is 6. The van der Waals surface area contributed by atoms with E-state index in [1.807, 2.05) is 6.92 Å². The Balaban J connectivity index is 2.33. The van der Waals surface area contributed by atoms with Gasteiger partial charge in [0.25, 0.3) is 12.1 Å². The molecule has 0 aromatic heterocycles. The van der Waals surface area contributed by atoms with Gasteiger partial charge in [-0.2, -0.15) is 0 Å². The molecule has 7 heteroatoms. The van der Waals surface area contributed by atoms with E-state index in [1.165, 1.54) is 12.1 Å². The minimum atomic E-state index is -2.78. The summed E-state index contributed by atoms with van der Waals surface area (Å²) in [5.41, 5.74) is 4.79. The molecule has 0 heterocycles. The summed E-state index contributed by atoms with van der Waals surface area (Å²) in [4.78, 5) is 9.99. The third kappa shape index (κ3) is 2.87. The zero-order chi connectivity index (χ0) is 14.9. The van der Waals surface area contributed by atoms with Gasteiger partial charge in [-0.15, -0.1) is 0 Å². The minimum Gasteiger partial charge on any atom is -0.378 e. The highest BCUT2D eigenvalue weighted by molar-refractivity contribution is 5.58. The molecular weight excluding hydrogens is 268 g/mol. The van der Waals surface area contributed by atoms with Gasteiger partial charge >= 0.3 is 0 Å². The third-order valence-corrected chi connectivity index (χ3v) is 3.80. The molecule has 1 aliphatic rings. The van der Waals surface area contributed by atoms with Crippen LogP contribution in [-0.4, -0.2) is 17.0 Å². The molecule has 5 nitrogen and oxygen atoms in total. The molecule has 1 atom stereocenters. The molecule has 0 bridgehead atoms. The quantitative estimate of drug-likeness (QED) is 0.621. The second kappa shape index (κ2) is 5.32. The maximum atomic E-state index is 13.1. The first-order valence-electron chi connectivity index (χ1n) is 6.42. The number of hydrogen-bond donors (Lipinski definition) is 2. The van der Waals surface area contributed by atoms with Crippen LogP contribution in [0.1, 0.15) is 31.8 Å². The summed E-state index contributed by atoms with van der Waals surface area (Å²) in [5.74, 6) is 0.355. The van der Waals surface area contributed by atoms with Crippen LogP contribution in [0.2, 0.25) is 0 Å². The maximum absolute atomic E-state index is 13.1. The molecule has 1 fully saturated rings. The normalized spacial score (nSPS) is 17.9. The van der Waals surface area contributed by atoms with E-state index in [0.717, 1.165) is 18.9 Å². The molecule has 2 rings (SSSR count). The zero-order valence-electron chi connectivity index (χ0n) is 11.1. The molecular formula is C13H17F2N3O2. The second-order valence-corrected chi connectivity index (χ2v) is 5.35. The van der Waals surface area contributed by atoms with Gasteiger partial charge in [0.05, 0.1) is 4.92 Å². The number of nitro benzene ring substituents is 1. The van der Waals surface area contributed by atoms with E-state index in [1.54, 1.807) is 0 Å². The summed E-state index contributed by atoms with van der Waals surface area (Å²) in [6.45, 7) is 2.21. The highest BCUT2D eigenvalue weighted by atomic mass is 19.3. The number of benzene rings is 1. The Hall–Kier alpha value is -1.76. The highest BCUT2D eigenvalue weighted by Crippen LogP contribution is 2.42. The van der Waals surface area contributed by atoms with E-state index in [9.17, 15) is 18.9 Å². The van der Waals surface area contributed by atoms with Gasteiger partial charge in [-0.3, -0.25) is 10.1 Å². The van der Waals surface area contributed by atoms with Gasteiger partial charge in [0.2, 0.25) is 0 Å². The van der Waals surface area contributed by atoms with Crippen molar-refractivity contribution in [2.24, 2.45) is 11.7 Å². The van der Waals surface area contributed by atoms with Crippen molar-refractivity contribution in [3.05, 3.63) is 33.9 Å². The van der Waals surface area contributed by atoms with E-state index in [-0.39, 0.29) is 16.9 Å². The van der Waals surface area contributed by atoms with Crippen LogP contribution in [-0.2, 0) is 0 Å². The van der Waals surface area contributed by atoms with Crippen LogP contribution in [0.25, 0.3) is 0 Å². The Kier molecular flexibility index (Phi) is 3.89. The van der Waals surface area contributed by atoms with Gasteiger partial charge < -0.3 is 11.1 Å². The summed E-state index contributed by atoms with van der Waals surface area (Å²) >= 11 is 0. The fraction of sp³-hybridized carbons (Fsp3) is 0.538. The number of alkyl halides is 2. The number of non-ortho nitro benzene ring substituents is 1. The van der Waals surface area contributed by atoms with Crippen molar-refractivity contribution in [2.45, 2.75) is 31.7 Å². The van der Waals surface area contributed by atoms with Gasteiger partial charge in [-0.25, -0.2) is 8.78 Å². The number of nitrogens with zero attached hydrogens (tertiary/aromatic N) is 1. The number of halogens is 2. The summed E-state index contributed by atoms with van der Waals surface area (Å²) in [5, 5.41) is 13.7. The Morgan fingerprint density at radius 2 is 2.20 bits per heavy atom. The van der Waals surface area contributed by atoms with E-state index < -0.39 is 16.9 Å². The lowest BCUT2D eigenvalue weighted by atomic mass is 9.95. The van der Waals surface area contributed by atoms with Crippen molar-refractivity contribution < 1.29 is 13.7 Å². The lowest BCUT2D eigenvalue weighted by Crippen LogP contribution is -2.44. The van der Waals surface area contributed by atoms with Crippen molar-refractivity contribution in [1.29, 1.82) is 0 Å². The molecule has 1 saturated carbocycles. The van der Waals surface area contributed by atoms with Gasteiger partial charge in [0, 0.05) is 35.5 Å². The van der Waals surface area contributed by atoms with E-state index >= 15 is 0 Å². The third-order valence-electron chi connectivity index (χ3n) is 3.80. The number of hydrogen-bond acceptors (Lipinski definition) is 4. The fourth-order valence-corrected chi connectivity index (χ4v) is 2.31. The van der Waals surface area contributed by atoms with Crippen molar-refractivity contribution in [1.82, 2.24) is 0 Å². The zero-order valence-corrected chi connectivity index (χ0v) is 11.1. The first kappa shape index (κ1) is 14.6. The average Bonchev–Trinajstić information content (AvgIpc) is 3.23. The van der Waals surface area contributed by atoms with Crippen LogP contribution in [0, 0.1) is 16.0 Å². The van der Waals surface area contributed by atoms with Crippen molar-refractivity contribution in [3.8, 4) is 0 Å². The molecule has 1 aromatic carbocycles. The average molecular weight is 285 g/mol. The Morgan fingerprint density at radius 3 is 2.65 bits per heavy atom. The summed E-state index contributed by atoms with van der Waals surface area (Å²) < 4.78 is 26.1. The first-order chi connectivity index (χ1) is 9.37. The van der Waals surface area contributed by atoms with Crippen molar-refractivity contribution in [2.75, 3.05) is 11.9 Å². The predicted molar refractivity (Wildman–Crippen MR) is 71.9 cm³/mol. The second-order valence-electron chi connectivity index (χ2n) is 5.35. The number of nitrogens with two attached hydrogens (primary N) is 1. The van der Waals surface area contributed by atoms with Crippen LogP contribution in [0.5, 0.6) is 0 Å². The molecule has 0 saturated heterocycles. The topological polar surface area (TPSA) is 81.2 Å². The van der Waals surface area contributed by atoms with Crippen LogP contribution in [0.15, 0.2) is 18.2 Å². The Bertz CT molecular complexity index is 520. The number of anilines is 1. The summed E-state index contributed by atoms with van der Waals surface area (Å²) in [6, 6.07) is 3.46. The molecule has 0 radical (unpaired) electrons. The molecule has 0 amide bonds. The van der Waals surface area contributed by atoms with Crippen LogP contribution in [0.3, 0.4) is 0 Å². The van der Waals surface area contributed by atoms with E-state index in [0.29, 0.717) is 12.5 Å². The molecule has 0 spiro atoms. The summed E-state index contributed by atoms with van der Waals surface area (Å²) in [7, 11) is 0. The predicted octanol–water partition coefficient (Wildman–Crippen LogP) is 3.07. The maximum Gasteiger partial charge on any atom is 0.270 e. The molecule has 0 aliphatic heterocycles. The SMILES string of the molecule is CC(CN)(Nc1ccc([N+](=O)[O-])cc1C(F)F)C1CC1. The Morgan fingerprint density at radius 1 is 1.55 bits per heavy atom. The molecule has 110 valence electrons.